The smallest absolute Gasteiger partial charge is 0.255 e. The minimum absolute atomic E-state index is 0.0940. The average molecular weight is 585 g/mol. The van der Waals surface area contributed by atoms with Crippen LogP contribution in [0.3, 0.4) is 0 Å². The Morgan fingerprint density at radius 3 is 2.19 bits per heavy atom. The molecule has 1 aliphatic heterocycles. The lowest BCUT2D eigenvalue weighted by molar-refractivity contribution is 0.0819. The first-order chi connectivity index (χ1) is 21.0. The van der Waals surface area contributed by atoms with Gasteiger partial charge in [0.1, 0.15) is 12.4 Å². The number of benzene rings is 4. The zero-order chi connectivity index (χ0) is 29.9. The molecule has 0 bridgehead atoms. The number of ether oxygens (including phenoxy) is 2. The summed E-state index contributed by atoms with van der Waals surface area (Å²) in [6, 6.07) is 31.2. The summed E-state index contributed by atoms with van der Waals surface area (Å²) in [6.07, 6.45) is 3.01. The van der Waals surface area contributed by atoms with Crippen LogP contribution in [-0.2, 0) is 24.1 Å². The van der Waals surface area contributed by atoms with Crippen molar-refractivity contribution >= 4 is 5.91 Å². The van der Waals surface area contributed by atoms with Crippen LogP contribution in [0.25, 0.3) is 0 Å². The molecule has 1 heterocycles. The van der Waals surface area contributed by atoms with E-state index in [1.807, 2.05) is 66.7 Å². The Morgan fingerprint density at radius 2 is 1.44 bits per heavy atom. The summed E-state index contributed by atoms with van der Waals surface area (Å²) in [5, 5.41) is 3.17. The molecule has 4 aromatic carbocycles. The first-order valence-corrected chi connectivity index (χ1v) is 14.9. The van der Waals surface area contributed by atoms with Gasteiger partial charge < -0.3 is 14.8 Å². The zero-order valence-electron chi connectivity index (χ0n) is 24.3. The minimum Gasteiger partial charge on any atom is -0.491 e. The normalized spacial score (nSPS) is 18.9. The van der Waals surface area contributed by atoms with E-state index in [-0.39, 0.29) is 18.0 Å². The predicted molar refractivity (Wildman–Crippen MR) is 164 cm³/mol. The predicted octanol–water partition coefficient (Wildman–Crippen LogP) is 6.61. The average Bonchev–Trinajstić information content (AvgIpc) is 3.03. The number of fused-ring (bicyclic) bond motifs is 1. The number of amides is 1. The van der Waals surface area contributed by atoms with Crippen LogP contribution >= 0.6 is 0 Å². The molecule has 0 unspecified atom stereocenters. The molecule has 43 heavy (non-hydrogen) atoms. The van der Waals surface area contributed by atoms with Gasteiger partial charge in [-0.1, -0.05) is 78.9 Å². The highest BCUT2D eigenvalue weighted by Gasteiger charge is 2.24. The van der Waals surface area contributed by atoms with Gasteiger partial charge in [-0.15, -0.1) is 0 Å². The number of carbonyl (C=O) groups excluding carboxylic acids is 1. The molecule has 0 aliphatic carbocycles. The largest absolute Gasteiger partial charge is 0.491 e. The van der Waals surface area contributed by atoms with Crippen LogP contribution in [0.5, 0.6) is 5.75 Å². The summed E-state index contributed by atoms with van der Waals surface area (Å²) < 4.78 is 40.4. The van der Waals surface area contributed by atoms with Gasteiger partial charge in [0.15, 0.2) is 11.6 Å². The summed E-state index contributed by atoms with van der Waals surface area (Å²) in [6.45, 7) is 2.40. The maximum absolute atomic E-state index is 14.2. The number of hydrogen-bond donors (Lipinski definition) is 1. The van der Waals surface area contributed by atoms with Crippen LogP contribution in [0, 0.1) is 11.6 Å². The second kappa shape index (κ2) is 15.4. The Kier molecular flexibility index (Phi) is 10.9. The lowest BCUT2D eigenvalue weighted by atomic mass is 10.0. The van der Waals surface area contributed by atoms with E-state index in [0.717, 1.165) is 30.5 Å². The number of carbonyl (C=O) groups is 1. The highest BCUT2D eigenvalue weighted by Crippen LogP contribution is 2.22. The Hall–Kier alpha value is -4.07. The van der Waals surface area contributed by atoms with Gasteiger partial charge in [0, 0.05) is 19.2 Å². The monoisotopic (exact) mass is 584 g/mol. The fourth-order valence-corrected chi connectivity index (χ4v) is 5.47. The van der Waals surface area contributed by atoms with Gasteiger partial charge in [-0.25, -0.2) is 8.78 Å². The van der Waals surface area contributed by atoms with Crippen LogP contribution in [0.4, 0.5) is 8.78 Å². The summed E-state index contributed by atoms with van der Waals surface area (Å²) in [5.74, 6) is -1.43. The van der Waals surface area contributed by atoms with E-state index in [4.69, 9.17) is 9.47 Å². The first kappa shape index (κ1) is 30.4. The lowest BCUT2D eigenvalue weighted by Crippen LogP contribution is -2.41. The Morgan fingerprint density at radius 1 is 0.744 bits per heavy atom. The minimum atomic E-state index is -0.859. The van der Waals surface area contributed by atoms with Crippen LogP contribution < -0.4 is 10.1 Å². The molecular formula is C36H38F2N2O3. The van der Waals surface area contributed by atoms with E-state index in [2.05, 4.69) is 22.3 Å². The van der Waals surface area contributed by atoms with Gasteiger partial charge >= 0.3 is 0 Å². The molecule has 0 saturated carbocycles. The van der Waals surface area contributed by atoms with Crippen molar-refractivity contribution in [2.24, 2.45) is 0 Å². The molecule has 1 N–H and O–H groups in total. The third-order valence-electron chi connectivity index (χ3n) is 7.73. The van der Waals surface area contributed by atoms with Crippen molar-refractivity contribution in [3.63, 3.8) is 0 Å². The summed E-state index contributed by atoms with van der Waals surface area (Å²) in [5.41, 5.74) is 3.41. The molecule has 2 atom stereocenters. The van der Waals surface area contributed by atoms with Gasteiger partial charge in [0.25, 0.3) is 5.91 Å². The SMILES string of the molecule is O=C1N[C@@H](Cc2ccccc2)COCCCCN(Cc2ccc(F)c(F)c2)[C@@H](Cc2ccccc2)COc2ccccc21. The number of nitrogens with one attached hydrogen (secondary N) is 1. The number of rotatable bonds is 6. The molecule has 5 nitrogen and oxygen atoms in total. The van der Waals surface area contributed by atoms with E-state index in [9.17, 15) is 13.6 Å². The summed E-state index contributed by atoms with van der Waals surface area (Å²) in [4.78, 5) is 15.8. The summed E-state index contributed by atoms with van der Waals surface area (Å²) in [7, 11) is 0. The second-order valence-corrected chi connectivity index (χ2v) is 11.0. The van der Waals surface area contributed by atoms with Crippen molar-refractivity contribution in [1.82, 2.24) is 10.2 Å². The third-order valence-corrected chi connectivity index (χ3v) is 7.73. The molecule has 0 spiro atoms. The van der Waals surface area contributed by atoms with E-state index in [1.54, 1.807) is 12.1 Å². The van der Waals surface area contributed by atoms with Crippen molar-refractivity contribution in [2.45, 2.75) is 44.3 Å². The highest BCUT2D eigenvalue weighted by atomic mass is 19.2. The van der Waals surface area contributed by atoms with Crippen molar-refractivity contribution in [1.29, 1.82) is 0 Å². The molecule has 0 fully saturated rings. The van der Waals surface area contributed by atoms with Gasteiger partial charge in [0.05, 0.1) is 18.2 Å². The molecule has 1 aliphatic rings. The van der Waals surface area contributed by atoms with Crippen molar-refractivity contribution < 1.29 is 23.0 Å². The van der Waals surface area contributed by atoms with E-state index in [1.165, 1.54) is 12.1 Å². The topological polar surface area (TPSA) is 50.8 Å². The van der Waals surface area contributed by atoms with Crippen molar-refractivity contribution in [2.75, 3.05) is 26.4 Å². The van der Waals surface area contributed by atoms with Crippen molar-refractivity contribution in [3.05, 3.63) is 137 Å². The Bertz CT molecular complexity index is 1450. The third kappa shape index (κ3) is 8.96. The van der Waals surface area contributed by atoms with E-state index >= 15 is 0 Å². The standard InChI is InChI=1S/C36H38F2N2O3/c37-33-18-17-29(23-34(33)38)24-40-19-9-10-20-42-25-30(21-27-11-3-1-4-12-27)39-36(41)32-15-7-8-16-35(32)43-26-31(40)22-28-13-5-2-6-14-28/h1-8,11-18,23,30-31H,9-10,19-22,24-26H2,(H,39,41)/t30-,31-/m0/s1. The van der Waals surface area contributed by atoms with Gasteiger partial charge in [-0.05, 0) is 73.2 Å². The van der Waals surface area contributed by atoms with Crippen LogP contribution in [0.15, 0.2) is 103 Å². The maximum atomic E-state index is 14.2. The van der Waals surface area contributed by atoms with Crippen LogP contribution in [-0.4, -0.2) is 49.3 Å². The summed E-state index contributed by atoms with van der Waals surface area (Å²) >= 11 is 0. The molecule has 0 aromatic heterocycles. The zero-order valence-corrected chi connectivity index (χ0v) is 24.3. The van der Waals surface area contributed by atoms with E-state index < -0.39 is 11.6 Å². The number of nitrogens with zero attached hydrogens (tertiary/aromatic N) is 1. The molecule has 1 amide bonds. The molecular weight excluding hydrogens is 546 g/mol. The molecule has 4 aromatic rings. The number of para-hydroxylation sites is 1. The number of hydrogen-bond acceptors (Lipinski definition) is 4. The van der Waals surface area contributed by atoms with Gasteiger partial charge in [-0.2, -0.15) is 0 Å². The van der Waals surface area contributed by atoms with Gasteiger partial charge in [0.2, 0.25) is 0 Å². The molecule has 0 radical (unpaired) electrons. The Balaban J connectivity index is 1.41. The molecule has 7 heteroatoms. The second-order valence-electron chi connectivity index (χ2n) is 11.0. The lowest BCUT2D eigenvalue weighted by Gasteiger charge is -2.32. The number of halogens is 2. The molecule has 0 saturated heterocycles. The first-order valence-electron chi connectivity index (χ1n) is 14.9. The van der Waals surface area contributed by atoms with Crippen molar-refractivity contribution in [3.8, 4) is 5.75 Å². The quantitative estimate of drug-likeness (QED) is 0.277. The van der Waals surface area contributed by atoms with Crippen LogP contribution in [0.1, 0.15) is 39.9 Å². The van der Waals surface area contributed by atoms with E-state index in [0.29, 0.717) is 56.1 Å². The molecule has 224 valence electrons. The highest BCUT2D eigenvalue weighted by molar-refractivity contribution is 5.97. The fraction of sp³-hybridized carbons (Fsp3) is 0.306. The fourth-order valence-electron chi connectivity index (χ4n) is 5.47. The Labute approximate surface area is 252 Å². The van der Waals surface area contributed by atoms with Gasteiger partial charge in [-0.3, -0.25) is 9.69 Å². The molecule has 5 rings (SSSR count). The van der Waals surface area contributed by atoms with Crippen LogP contribution in [0.2, 0.25) is 0 Å². The maximum Gasteiger partial charge on any atom is 0.255 e.